The molecule has 26 heavy (non-hydrogen) atoms. The van der Waals surface area contributed by atoms with Gasteiger partial charge in [0.05, 0.1) is 11.3 Å². The van der Waals surface area contributed by atoms with Gasteiger partial charge < -0.3 is 10.2 Å². The lowest BCUT2D eigenvalue weighted by Gasteiger charge is -2.32. The maximum absolute atomic E-state index is 11.9. The van der Waals surface area contributed by atoms with Gasteiger partial charge in [0.25, 0.3) is 0 Å². The van der Waals surface area contributed by atoms with E-state index in [-0.39, 0.29) is 5.92 Å². The average molecular weight is 367 g/mol. The smallest absolute Gasteiger partial charge is 0.310 e. The molecule has 4 heteroatoms. The highest BCUT2D eigenvalue weighted by molar-refractivity contribution is 5.74. The molecule has 0 amide bonds. The Morgan fingerprint density at radius 1 is 1.15 bits per heavy atom. The first-order chi connectivity index (χ1) is 12.3. The van der Waals surface area contributed by atoms with E-state index in [0.29, 0.717) is 19.3 Å². The van der Waals surface area contributed by atoms with Crippen molar-refractivity contribution in [1.29, 1.82) is 0 Å². The lowest BCUT2D eigenvalue weighted by molar-refractivity contribution is -0.149. The van der Waals surface area contributed by atoms with Gasteiger partial charge in [-0.15, -0.1) is 0 Å². The fourth-order valence-corrected chi connectivity index (χ4v) is 4.40. The van der Waals surface area contributed by atoms with Gasteiger partial charge in [-0.25, -0.2) is 0 Å². The maximum Gasteiger partial charge on any atom is 0.310 e. The van der Waals surface area contributed by atoms with E-state index in [1.807, 2.05) is 13.8 Å². The van der Waals surface area contributed by atoms with Crippen LogP contribution in [0, 0.1) is 17.3 Å². The van der Waals surface area contributed by atoms with Gasteiger partial charge in [-0.3, -0.25) is 9.59 Å². The molecule has 1 aliphatic carbocycles. The number of aliphatic carboxylic acids is 2. The lowest BCUT2D eigenvalue weighted by Crippen LogP contribution is -2.32. The van der Waals surface area contributed by atoms with Crippen molar-refractivity contribution in [2.24, 2.45) is 17.3 Å². The van der Waals surface area contributed by atoms with Gasteiger partial charge in [0.2, 0.25) is 0 Å². The van der Waals surface area contributed by atoms with E-state index < -0.39 is 23.3 Å². The minimum Gasteiger partial charge on any atom is -0.481 e. The van der Waals surface area contributed by atoms with Crippen LogP contribution in [0.1, 0.15) is 97.8 Å². The molecule has 0 heterocycles. The molecule has 0 saturated heterocycles. The number of hydrogen-bond acceptors (Lipinski definition) is 2. The molecular weight excluding hydrogens is 328 g/mol. The van der Waals surface area contributed by atoms with Crippen molar-refractivity contribution in [3.63, 3.8) is 0 Å². The highest BCUT2D eigenvalue weighted by Crippen LogP contribution is 2.39. The molecule has 0 aromatic heterocycles. The number of hydrogen-bond donors (Lipinski definition) is 2. The molecule has 0 spiro atoms. The van der Waals surface area contributed by atoms with Crippen LogP contribution >= 0.6 is 0 Å². The summed E-state index contributed by atoms with van der Waals surface area (Å²) in [6, 6.07) is 0. The Hall–Kier alpha value is -1.32. The highest BCUT2D eigenvalue weighted by atomic mass is 16.4. The molecular formula is C22H38O4. The van der Waals surface area contributed by atoms with Gasteiger partial charge in [0, 0.05) is 0 Å². The lowest BCUT2D eigenvalue weighted by atomic mass is 9.72. The second-order valence-electron chi connectivity index (χ2n) is 8.33. The number of unbranched alkanes of at least 4 members (excludes halogenated alkanes) is 2. The average Bonchev–Trinajstić information content (AvgIpc) is 2.60. The first-order valence-electron chi connectivity index (χ1n) is 10.5. The van der Waals surface area contributed by atoms with Crippen LogP contribution in [0.4, 0.5) is 0 Å². The second kappa shape index (κ2) is 11.4. The summed E-state index contributed by atoms with van der Waals surface area (Å²) >= 11 is 0. The quantitative estimate of drug-likeness (QED) is 0.307. The molecule has 0 radical (unpaired) electrons. The monoisotopic (exact) mass is 366 g/mol. The summed E-state index contributed by atoms with van der Waals surface area (Å²) in [4.78, 5) is 23.8. The van der Waals surface area contributed by atoms with E-state index >= 15 is 0 Å². The molecule has 2 N–H and O–H groups in total. The van der Waals surface area contributed by atoms with Crippen LogP contribution in [-0.4, -0.2) is 22.2 Å². The summed E-state index contributed by atoms with van der Waals surface area (Å²) in [5.74, 6) is -1.78. The minimum atomic E-state index is -0.754. The molecule has 0 aromatic rings. The molecule has 0 bridgehead atoms. The zero-order chi connectivity index (χ0) is 19.6. The third-order valence-electron chi connectivity index (χ3n) is 5.91. The van der Waals surface area contributed by atoms with Gasteiger partial charge in [-0.1, -0.05) is 57.6 Å². The fourth-order valence-electron chi connectivity index (χ4n) is 4.40. The zero-order valence-electron chi connectivity index (χ0n) is 16.9. The van der Waals surface area contributed by atoms with Gasteiger partial charge in [0.15, 0.2) is 0 Å². The third-order valence-corrected chi connectivity index (χ3v) is 5.91. The normalized spacial score (nSPS) is 19.3. The van der Waals surface area contributed by atoms with Crippen molar-refractivity contribution in [3.05, 3.63) is 11.6 Å². The standard InChI is InChI=1S/C22H38O4/c1-4-6-8-11-17(16-22(3,14-5-2)21(25)26)15-19(20(23)24)18-12-9-7-10-13-18/h12,17,19H,4-11,13-16H2,1-3H3,(H,23,24)(H,25,26). The summed E-state index contributed by atoms with van der Waals surface area (Å²) < 4.78 is 0. The van der Waals surface area contributed by atoms with Crippen LogP contribution in [0.15, 0.2) is 11.6 Å². The highest BCUT2D eigenvalue weighted by Gasteiger charge is 2.36. The first-order valence-corrected chi connectivity index (χ1v) is 10.5. The Bertz CT molecular complexity index is 483. The van der Waals surface area contributed by atoms with Gasteiger partial charge >= 0.3 is 11.9 Å². The minimum absolute atomic E-state index is 0.151. The van der Waals surface area contributed by atoms with Crippen LogP contribution in [0.2, 0.25) is 0 Å². The molecule has 0 aliphatic heterocycles. The molecule has 0 aromatic carbocycles. The summed E-state index contributed by atoms with van der Waals surface area (Å²) in [5.41, 5.74) is 0.312. The number of rotatable bonds is 13. The molecule has 3 unspecified atom stereocenters. The number of allylic oxidation sites excluding steroid dienone is 1. The Labute approximate surface area is 159 Å². The summed E-state index contributed by atoms with van der Waals surface area (Å²) in [6.07, 6.45) is 13.0. The Kier molecular flexibility index (Phi) is 9.97. The number of carboxylic acid groups (broad SMARTS) is 2. The maximum atomic E-state index is 11.9. The van der Waals surface area contributed by atoms with Crippen molar-refractivity contribution < 1.29 is 19.8 Å². The predicted octanol–water partition coefficient (Wildman–Crippen LogP) is 6.06. The molecule has 0 saturated carbocycles. The van der Waals surface area contributed by atoms with Gasteiger partial charge in [-0.05, 0) is 57.8 Å². The van der Waals surface area contributed by atoms with E-state index in [1.54, 1.807) is 0 Å². The molecule has 0 fully saturated rings. The molecule has 1 aliphatic rings. The van der Waals surface area contributed by atoms with Gasteiger partial charge in [-0.2, -0.15) is 0 Å². The third kappa shape index (κ3) is 7.13. The van der Waals surface area contributed by atoms with Crippen LogP contribution in [0.25, 0.3) is 0 Å². The number of carboxylic acids is 2. The van der Waals surface area contributed by atoms with Crippen molar-refractivity contribution in [3.8, 4) is 0 Å². The van der Waals surface area contributed by atoms with E-state index in [9.17, 15) is 19.8 Å². The first kappa shape index (κ1) is 22.7. The Morgan fingerprint density at radius 2 is 1.88 bits per heavy atom. The summed E-state index contributed by atoms with van der Waals surface area (Å²) in [6.45, 7) is 6.00. The molecule has 1 rings (SSSR count). The second-order valence-corrected chi connectivity index (χ2v) is 8.33. The predicted molar refractivity (Wildman–Crippen MR) is 105 cm³/mol. The van der Waals surface area contributed by atoms with Crippen LogP contribution in [0.3, 0.4) is 0 Å². The fraction of sp³-hybridized carbons (Fsp3) is 0.818. The summed E-state index contributed by atoms with van der Waals surface area (Å²) in [5, 5.41) is 19.5. The Morgan fingerprint density at radius 3 is 2.38 bits per heavy atom. The Balaban J connectivity index is 2.93. The van der Waals surface area contributed by atoms with Crippen molar-refractivity contribution in [2.75, 3.05) is 0 Å². The topological polar surface area (TPSA) is 74.6 Å². The van der Waals surface area contributed by atoms with E-state index in [0.717, 1.165) is 63.4 Å². The number of carbonyl (C=O) groups is 2. The zero-order valence-corrected chi connectivity index (χ0v) is 16.9. The molecule has 4 nitrogen and oxygen atoms in total. The van der Waals surface area contributed by atoms with Crippen molar-refractivity contribution in [1.82, 2.24) is 0 Å². The van der Waals surface area contributed by atoms with E-state index in [2.05, 4.69) is 13.0 Å². The van der Waals surface area contributed by atoms with Crippen molar-refractivity contribution >= 4 is 11.9 Å². The van der Waals surface area contributed by atoms with Crippen LogP contribution in [0.5, 0.6) is 0 Å². The van der Waals surface area contributed by atoms with E-state index in [1.165, 1.54) is 0 Å². The SMILES string of the molecule is CCCCCC(CC(C(=O)O)C1=CCCCC1)CC(C)(CCC)C(=O)O. The van der Waals surface area contributed by atoms with Crippen LogP contribution < -0.4 is 0 Å². The van der Waals surface area contributed by atoms with Crippen LogP contribution in [-0.2, 0) is 9.59 Å². The summed E-state index contributed by atoms with van der Waals surface area (Å²) in [7, 11) is 0. The van der Waals surface area contributed by atoms with E-state index in [4.69, 9.17) is 0 Å². The van der Waals surface area contributed by atoms with Gasteiger partial charge in [0.1, 0.15) is 0 Å². The molecule has 150 valence electrons. The largest absolute Gasteiger partial charge is 0.481 e. The van der Waals surface area contributed by atoms with Crippen molar-refractivity contribution in [2.45, 2.75) is 97.8 Å². The molecule has 3 atom stereocenters.